The number of aromatic nitrogens is 3. The average molecular weight is 589 g/mol. The van der Waals surface area contributed by atoms with Crippen molar-refractivity contribution in [2.75, 3.05) is 0 Å². The van der Waals surface area contributed by atoms with E-state index in [1.54, 1.807) is 36.4 Å². The van der Waals surface area contributed by atoms with Crippen molar-refractivity contribution in [3.8, 4) is 40.0 Å². The van der Waals surface area contributed by atoms with Crippen LogP contribution in [0, 0.1) is 18.3 Å². The van der Waals surface area contributed by atoms with E-state index < -0.39 is 23.4 Å². The smallest absolute Gasteiger partial charge is 0.434 e. The maximum Gasteiger partial charge on any atom is 0.434 e. The Morgan fingerprint density at radius 2 is 1.79 bits per heavy atom. The van der Waals surface area contributed by atoms with Gasteiger partial charge in [-0.15, -0.1) is 0 Å². The van der Waals surface area contributed by atoms with E-state index in [0.717, 1.165) is 22.3 Å². The first-order valence-corrected chi connectivity index (χ1v) is 12.8. The molecule has 2 aromatic heterocycles. The zero-order chi connectivity index (χ0) is 30.0. The first kappa shape index (κ1) is 28.4. The van der Waals surface area contributed by atoms with E-state index in [1.807, 2.05) is 37.3 Å². The lowest BCUT2D eigenvalue weighted by Crippen LogP contribution is -2.18. The van der Waals surface area contributed by atoms with Gasteiger partial charge in [-0.3, -0.25) is 0 Å². The Bertz CT molecular complexity index is 1840. The van der Waals surface area contributed by atoms with Crippen LogP contribution in [0.25, 0.3) is 28.2 Å². The number of hydrogen-bond donors (Lipinski definition) is 1. The summed E-state index contributed by atoms with van der Waals surface area (Å²) in [7, 11) is 0. The Labute approximate surface area is 243 Å². The first-order chi connectivity index (χ1) is 20.0. The number of hydrogen-bond acceptors (Lipinski definition) is 5. The minimum Gasteiger partial charge on any atom is -0.488 e. The molecule has 0 saturated carbocycles. The number of carboxylic acid groups (broad SMARTS) is 1. The number of carboxylic acids is 1. The van der Waals surface area contributed by atoms with E-state index in [1.165, 1.54) is 12.1 Å². The van der Waals surface area contributed by atoms with Crippen LogP contribution in [0.3, 0.4) is 0 Å². The minimum atomic E-state index is -4.99. The Hall–Kier alpha value is -5.14. The molecule has 210 valence electrons. The number of carbonyl (C=O) groups is 1. The van der Waals surface area contributed by atoms with Gasteiger partial charge in [0.25, 0.3) is 0 Å². The van der Waals surface area contributed by atoms with Crippen molar-refractivity contribution in [2.24, 2.45) is 0 Å². The summed E-state index contributed by atoms with van der Waals surface area (Å²) >= 11 is 6.25. The SMILES string of the molecule is Cc1cc(-c2ccc(C#N)cc2)ccc1COc1ccc(Cl)cc1-c1cccc(-n2ncc(C(=O)O)c2C(F)(F)F)n1. The summed E-state index contributed by atoms with van der Waals surface area (Å²) in [5.74, 6) is -1.59. The molecule has 0 aliphatic carbocycles. The number of pyridine rings is 1. The maximum absolute atomic E-state index is 13.8. The molecular formula is C31H20ClF3N4O3. The van der Waals surface area contributed by atoms with Crippen LogP contribution in [0.15, 0.2) is 85.1 Å². The van der Waals surface area contributed by atoms with E-state index in [0.29, 0.717) is 32.8 Å². The summed E-state index contributed by atoms with van der Waals surface area (Å²) in [6, 6.07) is 24.5. The normalized spacial score (nSPS) is 11.2. The van der Waals surface area contributed by atoms with Crippen LogP contribution in [-0.4, -0.2) is 25.8 Å². The highest BCUT2D eigenvalue weighted by Crippen LogP contribution is 2.36. The molecule has 0 amide bonds. The predicted molar refractivity (Wildman–Crippen MR) is 149 cm³/mol. The third kappa shape index (κ3) is 5.82. The number of aromatic carboxylic acids is 1. The van der Waals surface area contributed by atoms with Crippen molar-refractivity contribution < 1.29 is 27.8 Å². The van der Waals surface area contributed by atoms with Gasteiger partial charge in [-0.05, 0) is 71.6 Å². The molecule has 0 radical (unpaired) electrons. The van der Waals surface area contributed by atoms with Gasteiger partial charge in [0.05, 0.1) is 23.5 Å². The molecule has 7 nitrogen and oxygen atoms in total. The monoisotopic (exact) mass is 588 g/mol. The van der Waals surface area contributed by atoms with Crippen molar-refractivity contribution in [3.05, 3.63) is 118 Å². The average Bonchev–Trinajstić information content (AvgIpc) is 3.44. The number of nitriles is 1. The molecule has 2 heterocycles. The molecule has 3 aromatic carbocycles. The molecule has 0 aliphatic heterocycles. The maximum atomic E-state index is 13.8. The highest BCUT2D eigenvalue weighted by atomic mass is 35.5. The molecule has 0 bridgehead atoms. The molecule has 11 heteroatoms. The lowest BCUT2D eigenvalue weighted by atomic mass is 9.99. The molecule has 0 saturated heterocycles. The molecule has 0 fully saturated rings. The number of alkyl halides is 3. The van der Waals surface area contributed by atoms with Crippen molar-refractivity contribution >= 4 is 17.6 Å². The fourth-order valence-corrected chi connectivity index (χ4v) is 4.57. The Morgan fingerprint density at radius 1 is 1.05 bits per heavy atom. The number of nitrogens with zero attached hydrogens (tertiary/aromatic N) is 4. The third-order valence-electron chi connectivity index (χ3n) is 6.51. The van der Waals surface area contributed by atoms with Crippen molar-refractivity contribution in [1.29, 1.82) is 5.26 Å². The van der Waals surface area contributed by atoms with Gasteiger partial charge < -0.3 is 9.84 Å². The quantitative estimate of drug-likeness (QED) is 0.209. The molecular weight excluding hydrogens is 569 g/mol. The summed E-state index contributed by atoms with van der Waals surface area (Å²) in [5.41, 5.74) is 2.66. The van der Waals surface area contributed by atoms with Gasteiger partial charge in [-0.25, -0.2) is 14.5 Å². The van der Waals surface area contributed by atoms with Gasteiger partial charge in [-0.1, -0.05) is 48.0 Å². The zero-order valence-electron chi connectivity index (χ0n) is 21.9. The summed E-state index contributed by atoms with van der Waals surface area (Å²) in [6.45, 7) is 2.14. The molecule has 5 rings (SSSR count). The third-order valence-corrected chi connectivity index (χ3v) is 6.75. The van der Waals surface area contributed by atoms with Crippen LogP contribution in [0.1, 0.15) is 32.7 Å². The number of benzene rings is 3. The summed E-state index contributed by atoms with van der Waals surface area (Å²) in [4.78, 5) is 15.7. The molecule has 5 aromatic rings. The van der Waals surface area contributed by atoms with Gasteiger partial charge in [0.2, 0.25) is 0 Å². The van der Waals surface area contributed by atoms with E-state index in [4.69, 9.17) is 21.6 Å². The second kappa shape index (κ2) is 11.4. The molecule has 0 atom stereocenters. The van der Waals surface area contributed by atoms with E-state index in [-0.39, 0.29) is 18.1 Å². The van der Waals surface area contributed by atoms with E-state index >= 15 is 0 Å². The highest BCUT2D eigenvalue weighted by molar-refractivity contribution is 6.31. The van der Waals surface area contributed by atoms with Crippen LogP contribution in [0.2, 0.25) is 5.02 Å². The summed E-state index contributed by atoms with van der Waals surface area (Å²) < 4.78 is 47.9. The van der Waals surface area contributed by atoms with E-state index in [2.05, 4.69) is 16.2 Å². The zero-order valence-corrected chi connectivity index (χ0v) is 22.6. The number of rotatable bonds is 7. The number of aryl methyl sites for hydroxylation is 1. The molecule has 42 heavy (non-hydrogen) atoms. The largest absolute Gasteiger partial charge is 0.488 e. The van der Waals surface area contributed by atoms with Gasteiger partial charge in [-0.2, -0.15) is 23.5 Å². The standard InChI is InChI=1S/C31H20ClF3N4O3/c1-18-13-21(20-7-5-19(15-36)6-8-20)9-10-22(18)17-42-27-12-11-23(32)14-24(27)26-3-2-4-28(38-26)39-29(31(33,34)35)25(16-37-39)30(40)41/h2-14,16H,17H2,1H3,(H,40,41). The summed E-state index contributed by atoms with van der Waals surface area (Å²) in [6.07, 6.45) is -4.35. The Kier molecular flexibility index (Phi) is 7.70. The van der Waals surface area contributed by atoms with Crippen molar-refractivity contribution in [3.63, 3.8) is 0 Å². The molecule has 0 spiro atoms. The Balaban J connectivity index is 1.44. The lowest BCUT2D eigenvalue weighted by molar-refractivity contribution is -0.143. The van der Waals surface area contributed by atoms with Gasteiger partial charge in [0.1, 0.15) is 17.9 Å². The van der Waals surface area contributed by atoms with Gasteiger partial charge >= 0.3 is 12.1 Å². The minimum absolute atomic E-state index is 0.188. The second-order valence-corrected chi connectivity index (χ2v) is 9.70. The van der Waals surface area contributed by atoms with Gasteiger partial charge in [0.15, 0.2) is 11.5 Å². The van der Waals surface area contributed by atoms with Crippen LogP contribution in [-0.2, 0) is 12.8 Å². The Morgan fingerprint density at radius 3 is 2.45 bits per heavy atom. The van der Waals surface area contributed by atoms with E-state index in [9.17, 15) is 23.1 Å². The molecule has 0 aliphatic rings. The second-order valence-electron chi connectivity index (χ2n) is 9.26. The fraction of sp³-hybridized carbons (Fsp3) is 0.0968. The first-order valence-electron chi connectivity index (χ1n) is 12.4. The van der Waals surface area contributed by atoms with Crippen LogP contribution >= 0.6 is 11.6 Å². The van der Waals surface area contributed by atoms with Crippen molar-refractivity contribution in [2.45, 2.75) is 19.7 Å². The van der Waals surface area contributed by atoms with Crippen LogP contribution < -0.4 is 4.74 Å². The summed E-state index contributed by atoms with van der Waals surface area (Å²) in [5, 5.41) is 22.3. The number of ether oxygens (including phenoxy) is 1. The fourth-order valence-electron chi connectivity index (χ4n) is 4.40. The number of halogens is 4. The van der Waals surface area contributed by atoms with Gasteiger partial charge in [0, 0.05) is 10.6 Å². The van der Waals surface area contributed by atoms with Crippen LogP contribution in [0.5, 0.6) is 5.75 Å². The molecule has 0 unspecified atom stereocenters. The van der Waals surface area contributed by atoms with Crippen molar-refractivity contribution in [1.82, 2.24) is 14.8 Å². The lowest BCUT2D eigenvalue weighted by Gasteiger charge is -2.15. The molecule has 1 N–H and O–H groups in total. The topological polar surface area (TPSA) is 101 Å². The van der Waals surface area contributed by atoms with Crippen LogP contribution in [0.4, 0.5) is 13.2 Å². The predicted octanol–water partition coefficient (Wildman–Crippen LogP) is 7.73. The highest BCUT2D eigenvalue weighted by Gasteiger charge is 2.41.